The first-order valence-electron chi connectivity index (χ1n) is 10.1. The molecule has 172 valence electrons. The van der Waals surface area contributed by atoms with Crippen molar-refractivity contribution in [3.8, 4) is 0 Å². The number of nitrogens with zero attached hydrogens (tertiary/aromatic N) is 3. The number of fused-ring (bicyclic) bond motifs is 1. The van der Waals surface area contributed by atoms with Gasteiger partial charge in [-0.25, -0.2) is 13.4 Å². The Labute approximate surface area is 202 Å². The lowest BCUT2D eigenvalue weighted by Crippen LogP contribution is -2.34. The van der Waals surface area contributed by atoms with Crippen molar-refractivity contribution < 1.29 is 13.2 Å². The Morgan fingerprint density at radius 1 is 1.06 bits per heavy atom. The molecule has 0 radical (unpaired) electrons. The normalized spacial score (nSPS) is 11.9. The minimum Gasteiger partial charge on any atom is -0.309 e. The molecule has 0 saturated carbocycles. The number of benzene rings is 2. The third kappa shape index (κ3) is 5.99. The second-order valence-electron chi connectivity index (χ2n) is 7.74. The monoisotopic (exact) mass is 513 g/mol. The molecule has 0 aliphatic carbocycles. The Morgan fingerprint density at radius 3 is 2.41 bits per heavy atom. The van der Waals surface area contributed by atoms with Gasteiger partial charge in [-0.3, -0.25) is 9.69 Å². The average Bonchev–Trinajstić information content (AvgIpc) is 3.17. The molecule has 0 unspecified atom stereocenters. The molecule has 0 aliphatic rings. The Bertz CT molecular complexity index is 1210. The van der Waals surface area contributed by atoms with Gasteiger partial charge in [0.25, 0.3) is 0 Å². The minimum absolute atomic E-state index is 0.136. The van der Waals surface area contributed by atoms with Crippen molar-refractivity contribution in [1.82, 2.24) is 9.88 Å². The number of aryl methyl sites for hydroxylation is 1. The quantitative estimate of drug-likeness (QED) is 0.399. The number of rotatable bonds is 9. The predicted molar refractivity (Wildman–Crippen MR) is 133 cm³/mol. The second-order valence-corrected chi connectivity index (χ2v) is 11.7. The zero-order chi connectivity index (χ0) is 23.5. The molecular weight excluding hydrogens is 489 g/mol. The molecular formula is C22H25Cl2N3O3S2. The average molecular weight is 515 g/mol. The van der Waals surface area contributed by atoms with Crippen LogP contribution in [0.15, 0.2) is 41.3 Å². The van der Waals surface area contributed by atoms with E-state index in [1.165, 1.54) is 35.6 Å². The number of anilines is 1. The maximum atomic E-state index is 13.1. The van der Waals surface area contributed by atoms with Gasteiger partial charge in [0.1, 0.15) is 0 Å². The topological polar surface area (TPSA) is 70.6 Å². The zero-order valence-electron chi connectivity index (χ0n) is 18.1. The van der Waals surface area contributed by atoms with Crippen LogP contribution < -0.4 is 4.90 Å². The van der Waals surface area contributed by atoms with Crippen LogP contribution in [0.5, 0.6) is 0 Å². The van der Waals surface area contributed by atoms with Gasteiger partial charge in [0.05, 0.1) is 20.9 Å². The lowest BCUT2D eigenvalue weighted by atomic mass is 10.2. The van der Waals surface area contributed by atoms with Crippen LogP contribution in [0.3, 0.4) is 0 Å². The summed E-state index contributed by atoms with van der Waals surface area (Å²) in [6, 6.07) is 9.67. The van der Waals surface area contributed by atoms with Gasteiger partial charge in [0.2, 0.25) is 5.91 Å². The van der Waals surface area contributed by atoms with Crippen LogP contribution >= 0.6 is 34.5 Å². The number of carbonyl (C=O) groups excluding carboxylic acids is 1. The third-order valence-electron chi connectivity index (χ3n) is 5.01. The summed E-state index contributed by atoms with van der Waals surface area (Å²) in [5.74, 6) is -0.558. The number of amides is 1. The summed E-state index contributed by atoms with van der Waals surface area (Å²) >= 11 is 13.5. The number of hydrogen-bond acceptors (Lipinski definition) is 6. The predicted octanol–water partition coefficient (Wildman–Crippen LogP) is 5.06. The summed E-state index contributed by atoms with van der Waals surface area (Å²) in [5, 5.41) is 1.63. The van der Waals surface area contributed by atoms with Gasteiger partial charge in [-0.05, 0) is 75.9 Å². The highest BCUT2D eigenvalue weighted by molar-refractivity contribution is 7.91. The fourth-order valence-corrected chi connectivity index (χ4v) is 5.77. The van der Waals surface area contributed by atoms with E-state index in [0.29, 0.717) is 21.7 Å². The van der Waals surface area contributed by atoms with E-state index in [1.54, 1.807) is 4.90 Å². The Kier molecular flexibility index (Phi) is 8.16. The standard InChI is InChI=1S/C22H25Cl2N3O3S2/c1-15-18(24)9-10-19-21(15)25-22(31-19)27(13-4-12-26(2)3)20(28)11-14-32(29,30)17-7-5-16(23)6-8-17/h5-10H,4,11-14H2,1-3H3. The first-order chi connectivity index (χ1) is 15.1. The van der Waals surface area contributed by atoms with E-state index in [2.05, 4.69) is 4.98 Å². The van der Waals surface area contributed by atoms with Crippen molar-refractivity contribution in [2.24, 2.45) is 0 Å². The van der Waals surface area contributed by atoms with E-state index in [4.69, 9.17) is 23.2 Å². The van der Waals surface area contributed by atoms with E-state index in [0.717, 1.165) is 28.7 Å². The molecule has 1 amide bonds. The number of sulfone groups is 1. The highest BCUT2D eigenvalue weighted by Crippen LogP contribution is 2.34. The summed E-state index contributed by atoms with van der Waals surface area (Å²) in [6.07, 6.45) is 0.598. The SMILES string of the molecule is Cc1c(Cl)ccc2sc(N(CCCN(C)C)C(=O)CCS(=O)(=O)c3ccc(Cl)cc3)nc12. The highest BCUT2D eigenvalue weighted by Gasteiger charge is 2.23. The summed E-state index contributed by atoms with van der Waals surface area (Å²) in [4.78, 5) is 21.6. The molecule has 0 fully saturated rings. The maximum absolute atomic E-state index is 13.1. The van der Waals surface area contributed by atoms with Crippen LogP contribution in [0.1, 0.15) is 18.4 Å². The van der Waals surface area contributed by atoms with E-state index in [1.807, 2.05) is 38.1 Å². The Hall–Kier alpha value is -1.71. The molecule has 1 aromatic heterocycles. The van der Waals surface area contributed by atoms with Crippen LogP contribution in [-0.2, 0) is 14.6 Å². The van der Waals surface area contributed by atoms with Crippen LogP contribution in [0, 0.1) is 6.92 Å². The molecule has 1 heterocycles. The molecule has 3 rings (SSSR count). The first kappa shape index (κ1) is 24.9. The summed E-state index contributed by atoms with van der Waals surface area (Å²) in [6.45, 7) is 3.14. The smallest absolute Gasteiger partial charge is 0.229 e. The van der Waals surface area contributed by atoms with Crippen molar-refractivity contribution in [2.75, 3.05) is 37.8 Å². The second kappa shape index (κ2) is 10.5. The number of hydrogen-bond donors (Lipinski definition) is 0. The van der Waals surface area contributed by atoms with Crippen LogP contribution in [-0.4, -0.2) is 57.1 Å². The minimum atomic E-state index is -3.61. The lowest BCUT2D eigenvalue weighted by Gasteiger charge is -2.21. The fraction of sp³-hybridized carbons (Fsp3) is 0.364. The maximum Gasteiger partial charge on any atom is 0.229 e. The van der Waals surface area contributed by atoms with E-state index >= 15 is 0 Å². The van der Waals surface area contributed by atoms with Crippen molar-refractivity contribution >= 4 is 65.6 Å². The first-order valence-corrected chi connectivity index (χ1v) is 13.3. The van der Waals surface area contributed by atoms with Gasteiger partial charge in [-0.2, -0.15) is 0 Å². The molecule has 6 nitrogen and oxygen atoms in total. The summed E-state index contributed by atoms with van der Waals surface area (Å²) in [7, 11) is 0.325. The largest absolute Gasteiger partial charge is 0.309 e. The fourth-order valence-electron chi connectivity index (χ4n) is 3.19. The van der Waals surface area contributed by atoms with E-state index in [-0.39, 0.29) is 23.0 Å². The molecule has 10 heteroatoms. The van der Waals surface area contributed by atoms with Crippen molar-refractivity contribution in [1.29, 1.82) is 0 Å². The molecule has 32 heavy (non-hydrogen) atoms. The number of halogens is 2. The third-order valence-corrected chi connectivity index (χ3v) is 8.45. The molecule has 3 aromatic rings. The van der Waals surface area contributed by atoms with Crippen molar-refractivity contribution in [3.63, 3.8) is 0 Å². The van der Waals surface area contributed by atoms with Crippen molar-refractivity contribution in [2.45, 2.75) is 24.7 Å². The van der Waals surface area contributed by atoms with Gasteiger partial charge in [-0.15, -0.1) is 0 Å². The molecule has 0 aliphatic heterocycles. The molecule has 0 saturated heterocycles. The molecule has 0 N–H and O–H groups in total. The zero-order valence-corrected chi connectivity index (χ0v) is 21.3. The van der Waals surface area contributed by atoms with Crippen molar-refractivity contribution in [3.05, 3.63) is 52.0 Å². The van der Waals surface area contributed by atoms with Crippen LogP contribution in [0.4, 0.5) is 5.13 Å². The number of thiazole rings is 1. The molecule has 0 spiro atoms. The van der Waals surface area contributed by atoms with Gasteiger partial charge in [-0.1, -0.05) is 34.5 Å². The number of carbonyl (C=O) groups is 1. The highest BCUT2D eigenvalue weighted by atomic mass is 35.5. The summed E-state index contributed by atoms with van der Waals surface area (Å²) in [5.41, 5.74) is 1.62. The van der Waals surface area contributed by atoms with E-state index in [9.17, 15) is 13.2 Å². The lowest BCUT2D eigenvalue weighted by molar-refractivity contribution is -0.118. The van der Waals surface area contributed by atoms with Gasteiger partial charge in [0, 0.05) is 23.0 Å². The summed E-state index contributed by atoms with van der Waals surface area (Å²) < 4.78 is 26.3. The molecule has 0 bridgehead atoms. The van der Waals surface area contributed by atoms with Gasteiger partial charge < -0.3 is 4.90 Å². The van der Waals surface area contributed by atoms with Crippen LogP contribution in [0.2, 0.25) is 10.0 Å². The van der Waals surface area contributed by atoms with Gasteiger partial charge >= 0.3 is 0 Å². The molecule has 0 atom stereocenters. The number of aromatic nitrogens is 1. The molecule has 2 aromatic carbocycles. The van der Waals surface area contributed by atoms with Gasteiger partial charge in [0.15, 0.2) is 15.0 Å². The van der Waals surface area contributed by atoms with Crippen LogP contribution in [0.25, 0.3) is 10.2 Å². The Balaban J connectivity index is 1.82. The Morgan fingerprint density at radius 2 is 1.75 bits per heavy atom. The van der Waals surface area contributed by atoms with E-state index < -0.39 is 9.84 Å².